The van der Waals surface area contributed by atoms with Crippen LogP contribution in [-0.4, -0.2) is 91.0 Å². The van der Waals surface area contributed by atoms with E-state index in [1.165, 1.54) is 44.3 Å². The standard InChI is InChI=1S/C30H45FN8O6S/c1-18(2)26-24(27(20-8-10-21(31)11-9-20)38-30(37-26)39(4)46(5,44)45)13-12-22(40)16-23(41)17-25(42)36-19(3)28(43)34-14-6-7-15-35-29(32)33/h8-13,18-19,22-23,40-41H,6-7,14-17H2,1-5H3,(H,34,43)(H,36,42)(H4,32,33,35)/b13-12+/t19-,22-,23+/m0/s1. The van der Waals surface area contributed by atoms with Gasteiger partial charge in [0, 0.05) is 37.7 Å². The number of hydrogen-bond acceptors (Lipinski definition) is 9. The highest BCUT2D eigenvalue weighted by molar-refractivity contribution is 7.92. The third-order valence-electron chi connectivity index (χ3n) is 6.82. The molecule has 0 unspecified atom stereocenters. The summed E-state index contributed by atoms with van der Waals surface area (Å²) < 4.78 is 39.1. The first-order valence-electron chi connectivity index (χ1n) is 14.8. The Balaban J connectivity index is 2.11. The molecule has 3 atom stereocenters. The molecule has 2 aromatic rings. The van der Waals surface area contributed by atoms with E-state index >= 15 is 0 Å². The van der Waals surface area contributed by atoms with Crippen LogP contribution >= 0.6 is 0 Å². The zero-order valence-electron chi connectivity index (χ0n) is 26.7. The van der Waals surface area contributed by atoms with E-state index in [-0.39, 0.29) is 36.6 Å². The van der Waals surface area contributed by atoms with Crippen molar-refractivity contribution in [2.75, 3.05) is 30.7 Å². The number of aliphatic hydroxyl groups is 2. The van der Waals surface area contributed by atoms with E-state index in [9.17, 15) is 32.6 Å². The molecular weight excluding hydrogens is 619 g/mol. The van der Waals surface area contributed by atoms with Crippen molar-refractivity contribution >= 4 is 39.8 Å². The molecule has 0 spiro atoms. The second kappa shape index (κ2) is 17.5. The molecule has 0 aliphatic carbocycles. The van der Waals surface area contributed by atoms with Gasteiger partial charge >= 0.3 is 0 Å². The lowest BCUT2D eigenvalue weighted by Crippen LogP contribution is -2.45. The molecule has 0 fully saturated rings. The fourth-order valence-electron chi connectivity index (χ4n) is 4.26. The molecule has 0 radical (unpaired) electrons. The van der Waals surface area contributed by atoms with E-state index in [1.807, 2.05) is 13.8 Å². The summed E-state index contributed by atoms with van der Waals surface area (Å²) in [6, 6.07) is 4.65. The Labute approximate surface area is 269 Å². The maximum absolute atomic E-state index is 13.7. The van der Waals surface area contributed by atoms with Crippen LogP contribution in [0.3, 0.4) is 0 Å². The van der Waals surface area contributed by atoms with Gasteiger partial charge in [0.2, 0.25) is 27.8 Å². The van der Waals surface area contributed by atoms with E-state index in [2.05, 4.69) is 25.9 Å². The van der Waals surface area contributed by atoms with Crippen molar-refractivity contribution in [3.05, 3.63) is 47.4 Å². The lowest BCUT2D eigenvalue weighted by atomic mass is 9.97. The van der Waals surface area contributed by atoms with Crippen molar-refractivity contribution in [1.82, 2.24) is 25.9 Å². The van der Waals surface area contributed by atoms with Gasteiger partial charge in [-0.25, -0.2) is 27.1 Å². The Morgan fingerprint density at radius 3 is 2.26 bits per heavy atom. The number of rotatable bonds is 17. The quantitative estimate of drug-likeness (QED) is 0.0727. The van der Waals surface area contributed by atoms with E-state index in [0.29, 0.717) is 48.4 Å². The molecule has 0 saturated heterocycles. The second-order valence-electron chi connectivity index (χ2n) is 11.2. The maximum Gasteiger partial charge on any atom is 0.242 e. The molecule has 2 amide bonds. The van der Waals surface area contributed by atoms with Gasteiger partial charge in [-0.2, -0.15) is 0 Å². The van der Waals surface area contributed by atoms with Crippen LogP contribution in [0, 0.1) is 11.2 Å². The van der Waals surface area contributed by atoms with Crippen LogP contribution in [0.15, 0.2) is 30.3 Å². The number of carbonyl (C=O) groups is 2. The summed E-state index contributed by atoms with van der Waals surface area (Å²) in [6.07, 6.45) is 2.34. The highest BCUT2D eigenvalue weighted by atomic mass is 32.2. The Morgan fingerprint density at radius 2 is 1.70 bits per heavy atom. The zero-order chi connectivity index (χ0) is 34.6. The second-order valence-corrected chi connectivity index (χ2v) is 13.2. The summed E-state index contributed by atoms with van der Waals surface area (Å²) in [5.41, 5.74) is 6.95. The number of halogens is 1. The molecule has 2 rings (SSSR count). The molecule has 1 aromatic heterocycles. The number of sulfonamides is 1. The summed E-state index contributed by atoms with van der Waals surface area (Å²) in [6.45, 7) is 6.11. The number of nitrogens with two attached hydrogens (primary N) is 1. The first-order valence-corrected chi connectivity index (χ1v) is 16.7. The molecular formula is C30H45FN8O6S. The third-order valence-corrected chi connectivity index (χ3v) is 7.97. The number of carbonyl (C=O) groups excluding carboxylic acids is 2. The van der Waals surface area contributed by atoms with E-state index in [1.54, 1.807) is 6.08 Å². The number of guanidine groups is 1. The van der Waals surface area contributed by atoms with Crippen LogP contribution in [-0.2, 0) is 19.6 Å². The van der Waals surface area contributed by atoms with Gasteiger partial charge in [0.1, 0.15) is 11.9 Å². The van der Waals surface area contributed by atoms with Gasteiger partial charge in [0.15, 0.2) is 5.96 Å². The van der Waals surface area contributed by atoms with Crippen LogP contribution in [0.4, 0.5) is 10.3 Å². The Bertz CT molecular complexity index is 1490. The van der Waals surface area contributed by atoms with Gasteiger partial charge in [-0.3, -0.25) is 15.0 Å². The maximum atomic E-state index is 13.7. The van der Waals surface area contributed by atoms with E-state index < -0.39 is 40.0 Å². The minimum absolute atomic E-state index is 0.0745. The van der Waals surface area contributed by atoms with Gasteiger partial charge < -0.3 is 31.9 Å². The van der Waals surface area contributed by atoms with Crippen molar-refractivity contribution in [2.24, 2.45) is 5.73 Å². The number of aromatic nitrogens is 2. The molecule has 1 aromatic carbocycles. The smallest absolute Gasteiger partial charge is 0.242 e. The highest BCUT2D eigenvalue weighted by Gasteiger charge is 2.23. The molecule has 0 aliphatic rings. The van der Waals surface area contributed by atoms with Crippen LogP contribution < -0.4 is 26.0 Å². The van der Waals surface area contributed by atoms with Gasteiger partial charge in [0.25, 0.3) is 0 Å². The predicted molar refractivity (Wildman–Crippen MR) is 175 cm³/mol. The molecule has 0 aliphatic heterocycles. The zero-order valence-corrected chi connectivity index (χ0v) is 27.6. The summed E-state index contributed by atoms with van der Waals surface area (Å²) in [7, 11) is -2.37. The molecule has 14 nitrogen and oxygen atoms in total. The predicted octanol–water partition coefficient (Wildman–Crippen LogP) is 1.20. The number of benzene rings is 1. The number of nitrogens with one attached hydrogen (secondary N) is 4. The normalized spacial score (nSPS) is 13.7. The lowest BCUT2D eigenvalue weighted by Gasteiger charge is -2.20. The van der Waals surface area contributed by atoms with Gasteiger partial charge in [0.05, 0.1) is 36.3 Å². The fourth-order valence-corrected chi connectivity index (χ4v) is 4.64. The van der Waals surface area contributed by atoms with Crippen LogP contribution in [0.1, 0.15) is 63.6 Å². The molecule has 0 bridgehead atoms. The van der Waals surface area contributed by atoms with Crippen molar-refractivity contribution < 1.29 is 32.6 Å². The number of anilines is 1. The summed E-state index contributed by atoms with van der Waals surface area (Å²) in [4.78, 5) is 33.6. The Morgan fingerprint density at radius 1 is 1.09 bits per heavy atom. The number of aliphatic hydroxyl groups excluding tert-OH is 2. The molecule has 16 heteroatoms. The number of nitrogens with zero attached hydrogens (tertiary/aromatic N) is 3. The lowest BCUT2D eigenvalue weighted by molar-refractivity contribution is -0.129. The van der Waals surface area contributed by atoms with Crippen molar-refractivity contribution in [1.29, 1.82) is 5.41 Å². The monoisotopic (exact) mass is 664 g/mol. The van der Waals surface area contributed by atoms with Gasteiger partial charge in [-0.15, -0.1) is 0 Å². The third kappa shape index (κ3) is 12.3. The first-order chi connectivity index (χ1) is 21.5. The van der Waals surface area contributed by atoms with Crippen molar-refractivity contribution in [2.45, 2.75) is 70.6 Å². The average molecular weight is 665 g/mol. The minimum atomic E-state index is -3.69. The van der Waals surface area contributed by atoms with Crippen molar-refractivity contribution in [3.8, 4) is 11.3 Å². The largest absolute Gasteiger partial charge is 0.392 e. The summed E-state index contributed by atoms with van der Waals surface area (Å²) in [5, 5.41) is 36.1. The van der Waals surface area contributed by atoms with Gasteiger partial charge in [-0.05, 0) is 49.9 Å². The summed E-state index contributed by atoms with van der Waals surface area (Å²) >= 11 is 0. The molecule has 46 heavy (non-hydrogen) atoms. The van der Waals surface area contributed by atoms with E-state index in [0.717, 1.165) is 10.6 Å². The Kier molecular flexibility index (Phi) is 14.5. The van der Waals surface area contributed by atoms with Crippen molar-refractivity contribution in [3.63, 3.8) is 0 Å². The molecule has 0 saturated carbocycles. The SMILES string of the molecule is CC(C)c1nc(N(C)S(C)(=O)=O)nc(-c2ccc(F)cc2)c1/C=C/[C@H](O)C[C@@H](O)CC(=O)N[C@@H](C)C(=O)NCCCCNC(=N)N. The topological polar surface area (TPSA) is 224 Å². The minimum Gasteiger partial charge on any atom is -0.392 e. The molecule has 254 valence electrons. The Hall–Kier alpha value is -4.15. The average Bonchev–Trinajstić information content (AvgIpc) is 2.96. The van der Waals surface area contributed by atoms with Gasteiger partial charge in [-0.1, -0.05) is 26.0 Å². The first kappa shape index (κ1) is 38.0. The van der Waals surface area contributed by atoms with Crippen LogP contribution in [0.25, 0.3) is 17.3 Å². The fraction of sp³-hybridized carbons (Fsp3) is 0.500. The van der Waals surface area contributed by atoms with Crippen LogP contribution in [0.2, 0.25) is 0 Å². The van der Waals surface area contributed by atoms with Crippen LogP contribution in [0.5, 0.6) is 0 Å². The molecule has 1 heterocycles. The number of hydrogen-bond donors (Lipinski definition) is 7. The molecule has 8 N–H and O–H groups in total. The number of unbranched alkanes of at least 4 members (excludes halogenated alkanes) is 1. The van der Waals surface area contributed by atoms with E-state index in [4.69, 9.17) is 11.1 Å². The summed E-state index contributed by atoms with van der Waals surface area (Å²) in [5.74, 6) is -1.83. The highest BCUT2D eigenvalue weighted by Crippen LogP contribution is 2.31. The number of amides is 2.